The van der Waals surface area contributed by atoms with Crippen molar-refractivity contribution in [2.75, 3.05) is 7.05 Å². The molecule has 0 atom stereocenters. The van der Waals surface area contributed by atoms with E-state index in [-0.39, 0.29) is 5.41 Å². The zero-order valence-corrected chi connectivity index (χ0v) is 13.6. The Hall–Kier alpha value is -1.90. The number of hydrogen-bond donors (Lipinski definition) is 1. The van der Waals surface area contributed by atoms with Crippen LogP contribution in [0.4, 0.5) is 5.69 Å². The smallest absolute Gasteiger partial charge is 0.335 e. The van der Waals surface area contributed by atoms with Crippen LogP contribution in [0.1, 0.15) is 55.5 Å². The molecule has 3 rings (SSSR count). The second kappa shape index (κ2) is 5.38. The quantitative estimate of drug-likeness (QED) is 0.852. The lowest BCUT2D eigenvalue weighted by molar-refractivity contribution is -0.401. The highest BCUT2D eigenvalue weighted by molar-refractivity contribution is 6.03. The van der Waals surface area contributed by atoms with Crippen molar-refractivity contribution in [2.45, 2.75) is 44.9 Å². The third-order valence-electron chi connectivity index (χ3n) is 5.21. The highest BCUT2D eigenvalue weighted by Gasteiger charge is 2.43. The van der Waals surface area contributed by atoms with Crippen molar-refractivity contribution < 1.29 is 14.5 Å². The van der Waals surface area contributed by atoms with Crippen molar-refractivity contribution in [2.24, 2.45) is 5.92 Å². The molecule has 1 aromatic carbocycles. The number of carboxylic acid groups (broad SMARTS) is 1. The molecule has 1 N–H and O–H groups in total. The van der Waals surface area contributed by atoms with Crippen LogP contribution in [0.25, 0.3) is 0 Å². The normalized spacial score (nSPS) is 20.9. The fraction of sp³-hybridized carbons (Fsp3) is 0.474. The highest BCUT2D eigenvalue weighted by Crippen LogP contribution is 2.40. The number of carboxylic acids is 1. The van der Waals surface area contributed by atoms with Crippen LogP contribution in [0.2, 0.25) is 0 Å². The van der Waals surface area contributed by atoms with E-state index in [2.05, 4.69) is 37.6 Å². The Morgan fingerprint density at radius 1 is 1.32 bits per heavy atom. The summed E-state index contributed by atoms with van der Waals surface area (Å²) < 4.78 is 2.20. The molecule has 0 amide bonds. The SMILES string of the molecule is C[N+]1=C(C=CC2CCCC2)C(C)(C)c2cc(C(=O)O)ccc21. The van der Waals surface area contributed by atoms with Crippen molar-refractivity contribution in [1.29, 1.82) is 0 Å². The molecule has 0 bridgehead atoms. The molecule has 3 heteroatoms. The summed E-state index contributed by atoms with van der Waals surface area (Å²) in [5.74, 6) is -0.161. The lowest BCUT2D eigenvalue weighted by Gasteiger charge is -2.16. The van der Waals surface area contributed by atoms with Gasteiger partial charge in [-0.2, -0.15) is 4.58 Å². The van der Waals surface area contributed by atoms with Crippen LogP contribution >= 0.6 is 0 Å². The molecule has 3 nitrogen and oxygen atoms in total. The molecule has 1 saturated carbocycles. The Morgan fingerprint density at radius 2 is 2.00 bits per heavy atom. The number of rotatable bonds is 3. The monoisotopic (exact) mass is 298 g/mol. The first-order valence-corrected chi connectivity index (χ1v) is 8.08. The van der Waals surface area contributed by atoms with E-state index in [1.165, 1.54) is 31.4 Å². The summed E-state index contributed by atoms with van der Waals surface area (Å²) in [6.07, 6.45) is 9.88. The molecule has 0 unspecified atom stereocenters. The van der Waals surface area contributed by atoms with Gasteiger partial charge in [-0.25, -0.2) is 4.79 Å². The standard InChI is InChI=1S/C19H23NO2/c1-19(2)15-12-14(18(21)22)9-10-16(15)20(3)17(19)11-8-13-6-4-5-7-13/h8-13H,4-7H2,1-3H3/p+1. The summed E-state index contributed by atoms with van der Waals surface area (Å²) in [6, 6.07) is 5.44. The van der Waals surface area contributed by atoms with Crippen molar-refractivity contribution in [3.05, 3.63) is 41.5 Å². The van der Waals surface area contributed by atoms with E-state index < -0.39 is 5.97 Å². The van der Waals surface area contributed by atoms with Gasteiger partial charge in [-0.05, 0) is 44.7 Å². The number of nitrogens with zero attached hydrogens (tertiary/aromatic N) is 1. The topological polar surface area (TPSA) is 40.3 Å². The lowest BCUT2D eigenvalue weighted by atomic mass is 9.80. The number of benzene rings is 1. The fourth-order valence-electron chi connectivity index (χ4n) is 3.85. The molecule has 1 aromatic rings. The van der Waals surface area contributed by atoms with E-state index in [4.69, 9.17) is 0 Å². The molecular formula is C19H24NO2+. The Labute approximate surface area is 132 Å². The summed E-state index contributed by atoms with van der Waals surface area (Å²) in [7, 11) is 2.07. The van der Waals surface area contributed by atoms with E-state index >= 15 is 0 Å². The van der Waals surface area contributed by atoms with Gasteiger partial charge in [0.25, 0.3) is 0 Å². The zero-order chi connectivity index (χ0) is 15.9. The van der Waals surface area contributed by atoms with Gasteiger partial charge in [0, 0.05) is 17.7 Å². The third-order valence-corrected chi connectivity index (χ3v) is 5.21. The predicted octanol–water partition coefficient (Wildman–Crippen LogP) is 4.14. The molecule has 1 heterocycles. The minimum absolute atomic E-state index is 0.162. The summed E-state index contributed by atoms with van der Waals surface area (Å²) in [5.41, 5.74) is 3.66. The maximum absolute atomic E-state index is 11.2. The molecule has 116 valence electrons. The predicted molar refractivity (Wildman–Crippen MR) is 88.4 cm³/mol. The molecule has 1 aliphatic heterocycles. The molecule has 1 fully saturated rings. The van der Waals surface area contributed by atoms with Crippen LogP contribution in [0.15, 0.2) is 30.4 Å². The van der Waals surface area contributed by atoms with Crippen molar-refractivity contribution >= 4 is 17.4 Å². The van der Waals surface area contributed by atoms with E-state index in [0.29, 0.717) is 11.5 Å². The number of hydrogen-bond acceptors (Lipinski definition) is 1. The maximum Gasteiger partial charge on any atom is 0.335 e. The van der Waals surface area contributed by atoms with Crippen LogP contribution in [0.5, 0.6) is 0 Å². The van der Waals surface area contributed by atoms with E-state index in [1.807, 2.05) is 12.1 Å². The van der Waals surface area contributed by atoms with Crippen LogP contribution < -0.4 is 0 Å². The van der Waals surface area contributed by atoms with Gasteiger partial charge in [-0.15, -0.1) is 0 Å². The van der Waals surface area contributed by atoms with Gasteiger partial charge in [0.05, 0.1) is 11.0 Å². The Kier molecular flexibility index (Phi) is 3.67. The molecular weight excluding hydrogens is 274 g/mol. The van der Waals surface area contributed by atoms with Gasteiger partial charge in [0.15, 0.2) is 5.71 Å². The maximum atomic E-state index is 11.2. The fourth-order valence-corrected chi connectivity index (χ4v) is 3.85. The number of fused-ring (bicyclic) bond motifs is 1. The average Bonchev–Trinajstić information content (AvgIpc) is 3.04. The van der Waals surface area contributed by atoms with Crippen molar-refractivity contribution in [3.8, 4) is 0 Å². The molecule has 0 saturated heterocycles. The summed E-state index contributed by atoms with van der Waals surface area (Å²) in [5, 5.41) is 9.23. The first-order chi connectivity index (χ1) is 10.4. The number of carbonyl (C=O) groups is 1. The lowest BCUT2D eigenvalue weighted by Crippen LogP contribution is -2.27. The van der Waals surface area contributed by atoms with Gasteiger partial charge in [-0.1, -0.05) is 18.9 Å². The number of aromatic carboxylic acids is 1. The largest absolute Gasteiger partial charge is 0.478 e. The Balaban J connectivity index is 1.98. The van der Waals surface area contributed by atoms with E-state index in [0.717, 1.165) is 11.3 Å². The highest BCUT2D eigenvalue weighted by atomic mass is 16.4. The molecule has 0 radical (unpaired) electrons. The van der Waals surface area contributed by atoms with Gasteiger partial charge >= 0.3 is 5.97 Å². The Morgan fingerprint density at radius 3 is 2.64 bits per heavy atom. The average molecular weight is 298 g/mol. The van der Waals surface area contributed by atoms with Gasteiger partial charge < -0.3 is 5.11 Å². The second-order valence-electron chi connectivity index (χ2n) is 7.01. The van der Waals surface area contributed by atoms with E-state index in [1.54, 1.807) is 6.07 Å². The van der Waals surface area contributed by atoms with Crippen LogP contribution in [-0.2, 0) is 5.41 Å². The van der Waals surface area contributed by atoms with Crippen molar-refractivity contribution in [3.63, 3.8) is 0 Å². The zero-order valence-electron chi connectivity index (χ0n) is 13.6. The summed E-state index contributed by atoms with van der Waals surface area (Å²) >= 11 is 0. The summed E-state index contributed by atoms with van der Waals surface area (Å²) in [6.45, 7) is 4.35. The van der Waals surface area contributed by atoms with Gasteiger partial charge in [0.2, 0.25) is 5.69 Å². The number of allylic oxidation sites excluding steroid dienone is 2. The van der Waals surface area contributed by atoms with Crippen LogP contribution in [0, 0.1) is 5.92 Å². The second-order valence-corrected chi connectivity index (χ2v) is 7.01. The minimum Gasteiger partial charge on any atom is -0.478 e. The molecule has 2 aliphatic rings. The first-order valence-electron chi connectivity index (χ1n) is 8.08. The van der Waals surface area contributed by atoms with Gasteiger partial charge in [-0.3, -0.25) is 0 Å². The summed E-state index contributed by atoms with van der Waals surface area (Å²) in [4.78, 5) is 11.2. The third kappa shape index (κ3) is 2.39. The van der Waals surface area contributed by atoms with Crippen LogP contribution in [-0.4, -0.2) is 28.4 Å². The Bertz CT molecular complexity index is 677. The van der Waals surface area contributed by atoms with E-state index in [9.17, 15) is 9.90 Å². The van der Waals surface area contributed by atoms with Crippen molar-refractivity contribution in [1.82, 2.24) is 0 Å². The van der Waals surface area contributed by atoms with Gasteiger partial charge in [0.1, 0.15) is 7.05 Å². The first kappa shape index (κ1) is 15.0. The minimum atomic E-state index is -0.865. The molecule has 1 aliphatic carbocycles. The molecule has 0 spiro atoms. The molecule has 0 aromatic heterocycles. The molecule has 22 heavy (non-hydrogen) atoms. The van der Waals surface area contributed by atoms with Crippen LogP contribution in [0.3, 0.4) is 0 Å².